The Balaban J connectivity index is 0.000000216. The van der Waals surface area contributed by atoms with Crippen LogP contribution in [0.4, 0.5) is 0 Å². The molecule has 2 heterocycles. The molecule has 0 aliphatic heterocycles. The van der Waals surface area contributed by atoms with Gasteiger partial charge >= 0.3 is 0 Å². The van der Waals surface area contributed by atoms with Crippen LogP contribution in [0.3, 0.4) is 0 Å². The highest BCUT2D eigenvalue weighted by Gasteiger charge is 2.31. The number of rotatable bonds is 6. The van der Waals surface area contributed by atoms with Crippen LogP contribution < -0.4 is 5.32 Å². The van der Waals surface area contributed by atoms with E-state index in [0.717, 1.165) is 12.3 Å². The Morgan fingerprint density at radius 3 is 2.35 bits per heavy atom. The van der Waals surface area contributed by atoms with Crippen molar-refractivity contribution in [3.63, 3.8) is 0 Å². The fourth-order valence-corrected chi connectivity index (χ4v) is 4.25. The fourth-order valence-electron chi connectivity index (χ4n) is 2.78. The van der Waals surface area contributed by atoms with E-state index < -0.39 is 0 Å². The van der Waals surface area contributed by atoms with Crippen molar-refractivity contribution in [2.45, 2.75) is 0 Å². The van der Waals surface area contributed by atoms with Gasteiger partial charge < -0.3 is 10.1 Å². The Kier molecular flexibility index (Phi) is 10.3. The molecule has 2 aromatic heterocycles. The molecule has 11 nitrogen and oxygen atoms in total. The Hall–Kier alpha value is -3.13. The van der Waals surface area contributed by atoms with E-state index >= 15 is 0 Å². The predicted octanol–water partition coefficient (Wildman–Crippen LogP) is 1.74. The summed E-state index contributed by atoms with van der Waals surface area (Å²) in [5, 5.41) is 15.3. The number of aromatic nitrogens is 4. The lowest BCUT2D eigenvalue weighted by molar-refractivity contribution is 0.0986. The van der Waals surface area contributed by atoms with Crippen LogP contribution >= 0.6 is 23.5 Å². The summed E-state index contributed by atoms with van der Waals surface area (Å²) in [6, 6.07) is 0. The SMILES string of the molecule is CNCCSC1=CC(=O)c2[nH]ncc2C1=O.COC.CSC1=CC(=O)c2n[nH]c(C=O)c2C1=O. The molecule has 13 heteroatoms. The molecule has 0 atom stereocenters. The molecule has 2 aromatic rings. The second-order valence-corrected chi connectivity index (χ2v) is 8.59. The van der Waals surface area contributed by atoms with Gasteiger partial charge in [-0.3, -0.25) is 34.2 Å². The zero-order chi connectivity index (χ0) is 25.3. The summed E-state index contributed by atoms with van der Waals surface area (Å²) in [7, 11) is 5.09. The van der Waals surface area contributed by atoms with Crippen LogP contribution in [0.15, 0.2) is 28.2 Å². The van der Waals surface area contributed by atoms with Gasteiger partial charge in [0.1, 0.15) is 17.1 Å². The van der Waals surface area contributed by atoms with Crippen LogP contribution in [0.25, 0.3) is 0 Å². The van der Waals surface area contributed by atoms with Crippen molar-refractivity contribution in [1.82, 2.24) is 25.7 Å². The van der Waals surface area contributed by atoms with Crippen molar-refractivity contribution in [2.24, 2.45) is 0 Å². The van der Waals surface area contributed by atoms with Crippen molar-refractivity contribution < 1.29 is 28.7 Å². The highest BCUT2D eigenvalue weighted by molar-refractivity contribution is 8.04. The first kappa shape index (κ1) is 27.1. The Morgan fingerprint density at radius 1 is 1.06 bits per heavy atom. The Bertz CT molecular complexity index is 1160. The van der Waals surface area contributed by atoms with E-state index in [1.54, 1.807) is 20.5 Å². The molecule has 0 aromatic carbocycles. The molecule has 0 fully saturated rings. The summed E-state index contributed by atoms with van der Waals surface area (Å²) in [5.41, 5.74) is 0.840. The van der Waals surface area contributed by atoms with Gasteiger partial charge in [0.15, 0.2) is 6.29 Å². The number of hydrogen-bond acceptors (Lipinski definition) is 11. The maximum absolute atomic E-state index is 11.9. The van der Waals surface area contributed by atoms with Crippen molar-refractivity contribution in [3.8, 4) is 0 Å². The molecule has 0 amide bonds. The number of H-pyrrole nitrogens is 2. The average Bonchev–Trinajstić information content (AvgIpc) is 3.49. The summed E-state index contributed by atoms with van der Waals surface area (Å²) < 4.78 is 4.25. The number of Topliss-reactive ketones (excluding diaryl/α,β-unsaturated/α-hetero) is 2. The van der Waals surface area contributed by atoms with Crippen molar-refractivity contribution in [2.75, 3.05) is 39.8 Å². The quantitative estimate of drug-likeness (QED) is 0.387. The van der Waals surface area contributed by atoms with Crippen LogP contribution in [-0.2, 0) is 4.74 Å². The maximum Gasteiger partial charge on any atom is 0.208 e. The van der Waals surface area contributed by atoms with Gasteiger partial charge in [0.05, 0.1) is 27.1 Å². The lowest BCUT2D eigenvalue weighted by Gasteiger charge is -2.10. The van der Waals surface area contributed by atoms with E-state index in [9.17, 15) is 24.0 Å². The molecule has 0 unspecified atom stereocenters. The molecule has 0 radical (unpaired) electrons. The van der Waals surface area contributed by atoms with E-state index in [1.807, 2.05) is 7.05 Å². The molecule has 0 spiro atoms. The third-order valence-electron chi connectivity index (χ3n) is 4.30. The smallest absolute Gasteiger partial charge is 0.208 e. The van der Waals surface area contributed by atoms with Gasteiger partial charge in [-0.1, -0.05) is 0 Å². The first-order chi connectivity index (χ1) is 16.3. The lowest BCUT2D eigenvalue weighted by atomic mass is 10.00. The second-order valence-electron chi connectivity index (χ2n) is 6.61. The molecule has 0 saturated heterocycles. The van der Waals surface area contributed by atoms with Gasteiger partial charge in [-0.15, -0.1) is 23.5 Å². The number of methoxy groups -OCH3 is 1. The number of ether oxygens (including phenoxy) is 1. The van der Waals surface area contributed by atoms with E-state index in [1.165, 1.54) is 41.9 Å². The van der Waals surface area contributed by atoms with Crippen LogP contribution in [0, 0.1) is 0 Å². The topological polar surface area (TPSA) is 164 Å². The van der Waals surface area contributed by atoms with Gasteiger partial charge in [-0.2, -0.15) is 10.2 Å². The molecule has 4 rings (SSSR count). The number of aromatic amines is 2. The zero-order valence-electron chi connectivity index (χ0n) is 18.9. The third-order valence-corrected chi connectivity index (χ3v) is 6.07. The highest BCUT2D eigenvalue weighted by atomic mass is 32.2. The van der Waals surface area contributed by atoms with Crippen LogP contribution in [0.1, 0.15) is 52.2 Å². The largest absolute Gasteiger partial charge is 0.388 e. The van der Waals surface area contributed by atoms with Gasteiger partial charge in [0.2, 0.25) is 23.1 Å². The zero-order valence-corrected chi connectivity index (χ0v) is 20.5. The van der Waals surface area contributed by atoms with Gasteiger partial charge in [-0.05, 0) is 13.3 Å². The van der Waals surface area contributed by atoms with Crippen molar-refractivity contribution in [1.29, 1.82) is 0 Å². The normalized spacial score (nSPS) is 14.1. The Morgan fingerprint density at radius 2 is 1.74 bits per heavy atom. The van der Waals surface area contributed by atoms with Crippen molar-refractivity contribution >= 4 is 52.9 Å². The Labute approximate surface area is 203 Å². The van der Waals surface area contributed by atoms with E-state index in [0.29, 0.717) is 27.4 Å². The molecule has 3 N–H and O–H groups in total. The number of aldehydes is 1. The molecule has 2 aliphatic rings. The molecule has 34 heavy (non-hydrogen) atoms. The monoisotopic (exact) mass is 505 g/mol. The minimum Gasteiger partial charge on any atom is -0.388 e. The number of thioether (sulfide) groups is 2. The van der Waals surface area contributed by atoms with Gasteiger partial charge in [-0.25, -0.2) is 0 Å². The number of nitrogens with one attached hydrogen (secondary N) is 3. The molecule has 0 bridgehead atoms. The van der Waals surface area contributed by atoms with Crippen LogP contribution in [0.5, 0.6) is 0 Å². The summed E-state index contributed by atoms with van der Waals surface area (Å²) in [6.07, 6.45) is 6.21. The first-order valence-corrected chi connectivity index (χ1v) is 11.9. The standard InChI is InChI=1S/C10H11N3O2S.C9H6N2O3S.C2H6O/c1-11-2-3-16-8-4-7(14)9-6(10(8)15)5-12-13-9;1-15-6-2-5(13)8-7(9(6)14)4(3-12)10-11-8;1-3-2/h4-5,11H,2-3H2,1H3,(H,12,13);2-3H,1H3,(H,10,11);1-2H3. The third kappa shape index (κ3) is 6.05. The fraction of sp³-hybridized carbons (Fsp3) is 0.286. The predicted molar refractivity (Wildman–Crippen MR) is 129 cm³/mol. The van der Waals surface area contributed by atoms with Crippen molar-refractivity contribution in [3.05, 3.63) is 56.4 Å². The number of allylic oxidation sites excluding steroid dienone is 4. The number of fused-ring (bicyclic) bond motifs is 2. The molecule has 0 saturated carbocycles. The van der Waals surface area contributed by atoms with Gasteiger partial charge in [0.25, 0.3) is 0 Å². The number of ketones is 4. The lowest BCUT2D eigenvalue weighted by Crippen LogP contribution is -2.16. The van der Waals surface area contributed by atoms with E-state index in [4.69, 9.17) is 0 Å². The molecular weight excluding hydrogens is 482 g/mol. The minimum absolute atomic E-state index is 0.0277. The van der Waals surface area contributed by atoms with Crippen LogP contribution in [-0.4, -0.2) is 89.6 Å². The second kappa shape index (κ2) is 12.9. The summed E-state index contributed by atoms with van der Waals surface area (Å²) >= 11 is 2.56. The van der Waals surface area contributed by atoms with E-state index in [-0.39, 0.29) is 40.1 Å². The minimum atomic E-state index is -0.349. The highest BCUT2D eigenvalue weighted by Crippen LogP contribution is 2.27. The molecule has 180 valence electrons. The molecule has 2 aliphatic carbocycles. The number of carbonyl (C=O) groups excluding carboxylic acids is 5. The van der Waals surface area contributed by atoms with Gasteiger partial charge in [0, 0.05) is 38.7 Å². The summed E-state index contributed by atoms with van der Waals surface area (Å²) in [6.45, 7) is 0.793. The molecular formula is C21H23N5O6S2. The van der Waals surface area contributed by atoms with Crippen LogP contribution in [0.2, 0.25) is 0 Å². The number of nitrogens with zero attached hydrogens (tertiary/aromatic N) is 2. The number of hydrogen-bond donors (Lipinski definition) is 3. The summed E-state index contributed by atoms with van der Waals surface area (Å²) in [4.78, 5) is 58.2. The summed E-state index contributed by atoms with van der Waals surface area (Å²) in [5.74, 6) is -0.219. The maximum atomic E-state index is 11.9. The number of carbonyl (C=O) groups is 5. The first-order valence-electron chi connectivity index (χ1n) is 9.74. The average molecular weight is 506 g/mol. The van der Waals surface area contributed by atoms with E-state index in [2.05, 4.69) is 30.4 Å².